The van der Waals surface area contributed by atoms with Crippen LogP contribution in [0.15, 0.2) is 59.4 Å². The first kappa shape index (κ1) is 24.3. The molecule has 182 valence electrons. The second-order valence-electron chi connectivity index (χ2n) is 9.54. The molecule has 0 aliphatic carbocycles. The van der Waals surface area contributed by atoms with Gasteiger partial charge in [0.15, 0.2) is 0 Å². The Labute approximate surface area is 202 Å². The number of para-hydroxylation sites is 1. The first-order chi connectivity index (χ1) is 16.4. The summed E-state index contributed by atoms with van der Waals surface area (Å²) < 4.78 is 9.50. The molecule has 2 N–H and O–H groups in total. The third-order valence-electron chi connectivity index (χ3n) is 6.32. The van der Waals surface area contributed by atoms with E-state index in [1.807, 2.05) is 61.1 Å². The minimum Gasteiger partial charge on any atom is -0.374 e. The number of ether oxygens (including phenoxy) is 1. The average Bonchev–Trinajstić information content (AvgIpc) is 3.03. The molecule has 1 saturated heterocycles. The van der Waals surface area contributed by atoms with E-state index in [2.05, 4.69) is 41.5 Å². The van der Waals surface area contributed by atoms with Crippen LogP contribution >= 0.6 is 0 Å². The Bertz CT molecular complexity index is 1120. The zero-order chi connectivity index (χ0) is 24.1. The molecule has 34 heavy (non-hydrogen) atoms. The summed E-state index contributed by atoms with van der Waals surface area (Å²) in [5.74, 6) is 0.680. The summed E-state index contributed by atoms with van der Waals surface area (Å²) in [5.41, 5.74) is 4.37. The van der Waals surface area contributed by atoms with Crippen molar-refractivity contribution in [2.24, 2.45) is 13.0 Å². The Balaban J connectivity index is 1.34. The third kappa shape index (κ3) is 5.78. The Morgan fingerprint density at radius 2 is 1.82 bits per heavy atom. The molecule has 4 rings (SSSR count). The molecule has 1 fully saturated rings. The van der Waals surface area contributed by atoms with E-state index in [0.717, 1.165) is 56.4 Å². The van der Waals surface area contributed by atoms with Crippen molar-refractivity contribution in [2.45, 2.75) is 33.4 Å². The number of anilines is 2. The van der Waals surface area contributed by atoms with Crippen molar-refractivity contribution in [3.63, 3.8) is 0 Å². The molecule has 0 bridgehead atoms. The van der Waals surface area contributed by atoms with Gasteiger partial charge in [0, 0.05) is 45.5 Å². The molecule has 0 amide bonds. The van der Waals surface area contributed by atoms with Gasteiger partial charge >= 0.3 is 0 Å². The maximum absolute atomic E-state index is 13.1. The SMILES string of the molecule is Cc1c(Nc2ccc(CNCC3CN(CC(C)C)CCO3)cc2)c(=O)n(-c2ccccc2)n1C. The molecule has 7 heteroatoms. The maximum Gasteiger partial charge on any atom is 0.295 e. The van der Waals surface area contributed by atoms with Gasteiger partial charge in [0.1, 0.15) is 5.69 Å². The fraction of sp³-hybridized carbons (Fsp3) is 0.444. The normalized spacial score (nSPS) is 16.8. The van der Waals surface area contributed by atoms with Crippen molar-refractivity contribution in [1.29, 1.82) is 0 Å². The highest BCUT2D eigenvalue weighted by atomic mass is 16.5. The largest absolute Gasteiger partial charge is 0.374 e. The van der Waals surface area contributed by atoms with E-state index >= 15 is 0 Å². The van der Waals surface area contributed by atoms with Gasteiger partial charge in [-0.15, -0.1) is 0 Å². The molecule has 3 aromatic rings. The molecular formula is C27H37N5O2. The van der Waals surface area contributed by atoms with Crippen LogP contribution in [-0.2, 0) is 18.3 Å². The molecule has 0 radical (unpaired) electrons. The quantitative estimate of drug-likeness (QED) is 0.507. The number of nitrogens with zero attached hydrogens (tertiary/aromatic N) is 3. The molecule has 7 nitrogen and oxygen atoms in total. The number of hydrogen-bond donors (Lipinski definition) is 2. The molecule has 0 spiro atoms. The van der Waals surface area contributed by atoms with Gasteiger partial charge in [0.2, 0.25) is 0 Å². The maximum atomic E-state index is 13.1. The number of benzene rings is 2. The summed E-state index contributed by atoms with van der Waals surface area (Å²) in [6, 6.07) is 17.9. The first-order valence-electron chi connectivity index (χ1n) is 12.2. The zero-order valence-corrected chi connectivity index (χ0v) is 20.8. The van der Waals surface area contributed by atoms with Gasteiger partial charge in [-0.3, -0.25) is 14.4 Å². The molecule has 1 atom stereocenters. The number of morpholine rings is 1. The molecule has 1 aliphatic heterocycles. The van der Waals surface area contributed by atoms with Crippen LogP contribution in [0.25, 0.3) is 5.69 Å². The number of rotatable bonds is 9. The Morgan fingerprint density at radius 3 is 2.53 bits per heavy atom. The number of nitrogens with one attached hydrogen (secondary N) is 2. The Hall–Kier alpha value is -2.87. The lowest BCUT2D eigenvalue weighted by Crippen LogP contribution is -2.47. The van der Waals surface area contributed by atoms with Gasteiger partial charge in [0.05, 0.1) is 24.1 Å². The van der Waals surface area contributed by atoms with Crippen molar-refractivity contribution in [1.82, 2.24) is 19.6 Å². The lowest BCUT2D eigenvalue weighted by atomic mass is 10.1. The predicted octanol–water partition coefficient (Wildman–Crippen LogP) is 3.67. The number of aromatic nitrogens is 2. The van der Waals surface area contributed by atoms with E-state index in [1.54, 1.807) is 4.68 Å². The van der Waals surface area contributed by atoms with Gasteiger partial charge in [-0.1, -0.05) is 44.2 Å². The molecular weight excluding hydrogens is 426 g/mol. The van der Waals surface area contributed by atoms with E-state index < -0.39 is 0 Å². The summed E-state index contributed by atoms with van der Waals surface area (Å²) in [6.45, 7) is 12.1. The van der Waals surface area contributed by atoms with E-state index in [1.165, 1.54) is 5.56 Å². The molecule has 2 heterocycles. The fourth-order valence-corrected chi connectivity index (χ4v) is 4.53. The standard InChI is InChI=1S/C27H37N5O2/c1-20(2)18-31-14-15-34-25(19-31)17-28-16-22-10-12-23(13-11-22)29-26-21(3)30(4)32(27(26)33)24-8-6-5-7-9-24/h5-13,20,25,28-29H,14-19H2,1-4H3. The van der Waals surface area contributed by atoms with Gasteiger partial charge in [-0.25, -0.2) is 4.68 Å². The van der Waals surface area contributed by atoms with E-state index in [-0.39, 0.29) is 11.7 Å². The van der Waals surface area contributed by atoms with Crippen molar-refractivity contribution >= 4 is 11.4 Å². The van der Waals surface area contributed by atoms with Crippen LogP contribution in [0, 0.1) is 12.8 Å². The summed E-state index contributed by atoms with van der Waals surface area (Å²) in [4.78, 5) is 15.6. The van der Waals surface area contributed by atoms with Crippen LogP contribution in [0.1, 0.15) is 25.1 Å². The van der Waals surface area contributed by atoms with Gasteiger partial charge in [-0.2, -0.15) is 0 Å². The summed E-state index contributed by atoms with van der Waals surface area (Å²) in [5, 5.41) is 6.86. The van der Waals surface area contributed by atoms with Gasteiger partial charge < -0.3 is 15.4 Å². The van der Waals surface area contributed by atoms with E-state index in [0.29, 0.717) is 11.6 Å². The predicted molar refractivity (Wildman–Crippen MR) is 138 cm³/mol. The van der Waals surface area contributed by atoms with Gasteiger partial charge in [0.25, 0.3) is 5.56 Å². The average molecular weight is 464 g/mol. The van der Waals surface area contributed by atoms with Crippen molar-refractivity contribution in [3.8, 4) is 5.69 Å². The van der Waals surface area contributed by atoms with Crippen LogP contribution in [-0.4, -0.2) is 53.2 Å². The molecule has 1 aromatic heterocycles. The van der Waals surface area contributed by atoms with E-state index in [4.69, 9.17) is 4.74 Å². The van der Waals surface area contributed by atoms with Gasteiger partial charge in [-0.05, 0) is 42.7 Å². The molecule has 1 unspecified atom stereocenters. The lowest BCUT2D eigenvalue weighted by Gasteiger charge is -2.34. The van der Waals surface area contributed by atoms with Crippen LogP contribution in [0.2, 0.25) is 0 Å². The molecule has 1 aliphatic rings. The summed E-state index contributed by atoms with van der Waals surface area (Å²) in [7, 11) is 1.90. The zero-order valence-electron chi connectivity index (χ0n) is 20.8. The third-order valence-corrected chi connectivity index (χ3v) is 6.32. The topological polar surface area (TPSA) is 63.5 Å². The minimum atomic E-state index is -0.0593. The summed E-state index contributed by atoms with van der Waals surface area (Å²) in [6.07, 6.45) is 0.237. The lowest BCUT2D eigenvalue weighted by molar-refractivity contribution is -0.0303. The highest BCUT2D eigenvalue weighted by Gasteiger charge is 2.20. The van der Waals surface area contributed by atoms with Crippen molar-refractivity contribution < 1.29 is 4.74 Å². The van der Waals surface area contributed by atoms with Crippen LogP contribution in [0.5, 0.6) is 0 Å². The Morgan fingerprint density at radius 1 is 1.09 bits per heavy atom. The highest BCUT2D eigenvalue weighted by molar-refractivity contribution is 5.62. The van der Waals surface area contributed by atoms with Crippen LogP contribution < -0.4 is 16.2 Å². The van der Waals surface area contributed by atoms with Crippen molar-refractivity contribution in [2.75, 3.05) is 38.1 Å². The number of hydrogen-bond acceptors (Lipinski definition) is 5. The first-order valence-corrected chi connectivity index (χ1v) is 12.2. The smallest absolute Gasteiger partial charge is 0.295 e. The minimum absolute atomic E-state index is 0.0593. The second-order valence-corrected chi connectivity index (χ2v) is 9.54. The fourth-order valence-electron chi connectivity index (χ4n) is 4.53. The van der Waals surface area contributed by atoms with Crippen LogP contribution in [0.4, 0.5) is 11.4 Å². The second kappa shape index (κ2) is 11.0. The van der Waals surface area contributed by atoms with E-state index in [9.17, 15) is 4.79 Å². The van der Waals surface area contributed by atoms with Crippen molar-refractivity contribution in [3.05, 3.63) is 76.2 Å². The Kier molecular flexibility index (Phi) is 7.88. The van der Waals surface area contributed by atoms with Crippen LogP contribution in [0.3, 0.4) is 0 Å². The monoisotopic (exact) mass is 463 g/mol. The molecule has 0 saturated carbocycles. The summed E-state index contributed by atoms with van der Waals surface area (Å²) >= 11 is 0. The molecule has 2 aromatic carbocycles. The highest BCUT2D eigenvalue weighted by Crippen LogP contribution is 2.20.